The monoisotopic (exact) mass is 479 g/mol. The third-order valence-electron chi connectivity index (χ3n) is 5.46. The molecule has 2 aromatic carbocycles. The molecule has 0 spiro atoms. The topological polar surface area (TPSA) is 82.0 Å². The van der Waals surface area contributed by atoms with E-state index in [-0.39, 0.29) is 17.2 Å². The van der Waals surface area contributed by atoms with E-state index in [0.717, 1.165) is 29.7 Å². The molecule has 1 aliphatic carbocycles. The van der Waals surface area contributed by atoms with Crippen LogP contribution in [0.25, 0.3) is 0 Å². The second-order valence-electron chi connectivity index (χ2n) is 7.97. The lowest BCUT2D eigenvalue weighted by Crippen LogP contribution is -2.14. The Labute approximate surface area is 200 Å². The molecule has 0 bridgehead atoms. The van der Waals surface area contributed by atoms with Gasteiger partial charge < -0.3 is 10.6 Å². The number of hydrogen-bond acceptors (Lipinski definition) is 5. The molecule has 1 heterocycles. The van der Waals surface area contributed by atoms with Crippen LogP contribution in [0, 0.1) is 23.1 Å². The number of amides is 2. The predicted octanol–water partition coefficient (Wildman–Crippen LogP) is 5.87. The molecule has 0 aliphatic heterocycles. The minimum Gasteiger partial charge on any atom is -0.322 e. The van der Waals surface area contributed by atoms with Gasteiger partial charge in [-0.1, -0.05) is 25.1 Å². The molecule has 0 saturated carbocycles. The molecule has 4 rings (SSSR count). The second kappa shape index (κ2) is 10.2. The van der Waals surface area contributed by atoms with E-state index in [1.807, 2.05) is 6.07 Å². The number of thiophene rings is 1. The maximum atomic E-state index is 13.8. The average Bonchev–Trinajstić information content (AvgIpc) is 3.14. The first-order valence-electron chi connectivity index (χ1n) is 10.6. The van der Waals surface area contributed by atoms with Gasteiger partial charge in [0.25, 0.3) is 5.91 Å². The summed E-state index contributed by atoms with van der Waals surface area (Å²) in [5, 5.41) is 15.8. The Kier molecular flexibility index (Phi) is 7.11. The van der Waals surface area contributed by atoms with Gasteiger partial charge in [0.1, 0.15) is 16.9 Å². The van der Waals surface area contributed by atoms with Crippen LogP contribution in [0.5, 0.6) is 0 Å². The molecule has 3 aromatic rings. The van der Waals surface area contributed by atoms with Crippen LogP contribution in [0.2, 0.25) is 0 Å². The van der Waals surface area contributed by atoms with E-state index >= 15 is 0 Å². The normalized spacial score (nSPS) is 14.8. The molecular weight excluding hydrogens is 457 g/mol. The largest absolute Gasteiger partial charge is 0.322 e. The molecule has 168 valence electrons. The van der Waals surface area contributed by atoms with Gasteiger partial charge in [0.2, 0.25) is 5.91 Å². The smallest absolute Gasteiger partial charge is 0.258 e. The number of nitriles is 1. The van der Waals surface area contributed by atoms with Crippen molar-refractivity contribution < 1.29 is 14.0 Å². The molecule has 1 aliphatic rings. The van der Waals surface area contributed by atoms with E-state index in [1.54, 1.807) is 24.3 Å². The highest BCUT2D eigenvalue weighted by atomic mass is 32.2. The summed E-state index contributed by atoms with van der Waals surface area (Å²) < 4.78 is 13.8. The van der Waals surface area contributed by atoms with Gasteiger partial charge in [-0.2, -0.15) is 5.26 Å². The van der Waals surface area contributed by atoms with Crippen LogP contribution in [-0.2, 0) is 17.6 Å². The molecule has 1 unspecified atom stereocenters. The zero-order valence-electron chi connectivity index (χ0n) is 18.0. The lowest BCUT2D eigenvalue weighted by Gasteiger charge is -2.17. The Morgan fingerprint density at radius 2 is 2.03 bits per heavy atom. The van der Waals surface area contributed by atoms with Gasteiger partial charge in [-0.15, -0.1) is 23.1 Å². The van der Waals surface area contributed by atoms with Crippen LogP contribution in [0.3, 0.4) is 0 Å². The van der Waals surface area contributed by atoms with E-state index < -0.39 is 11.7 Å². The van der Waals surface area contributed by atoms with Crippen molar-refractivity contribution in [2.45, 2.75) is 31.1 Å². The van der Waals surface area contributed by atoms with E-state index in [9.17, 15) is 19.2 Å². The van der Waals surface area contributed by atoms with Crippen LogP contribution in [-0.4, -0.2) is 17.6 Å². The third kappa shape index (κ3) is 5.44. The quantitative estimate of drug-likeness (QED) is 0.434. The molecule has 1 atom stereocenters. The number of fused-ring (bicyclic) bond motifs is 1. The first kappa shape index (κ1) is 23.0. The summed E-state index contributed by atoms with van der Waals surface area (Å²) in [6.07, 6.45) is 2.89. The molecule has 0 saturated heterocycles. The summed E-state index contributed by atoms with van der Waals surface area (Å²) in [5.74, 6) is -0.558. The van der Waals surface area contributed by atoms with Crippen molar-refractivity contribution in [3.8, 4) is 6.07 Å². The highest BCUT2D eigenvalue weighted by molar-refractivity contribution is 8.00. The number of hydrogen-bond donors (Lipinski definition) is 2. The zero-order chi connectivity index (χ0) is 23.4. The van der Waals surface area contributed by atoms with Gasteiger partial charge in [-0.3, -0.25) is 9.59 Å². The van der Waals surface area contributed by atoms with Crippen molar-refractivity contribution in [2.75, 3.05) is 16.4 Å². The number of carbonyl (C=O) groups is 2. The van der Waals surface area contributed by atoms with Gasteiger partial charge in [0.05, 0.1) is 16.9 Å². The van der Waals surface area contributed by atoms with Crippen LogP contribution in [0.15, 0.2) is 53.4 Å². The van der Waals surface area contributed by atoms with E-state index in [4.69, 9.17) is 0 Å². The van der Waals surface area contributed by atoms with Crippen molar-refractivity contribution in [2.24, 2.45) is 5.92 Å². The zero-order valence-corrected chi connectivity index (χ0v) is 19.6. The molecule has 8 heteroatoms. The SMILES string of the molecule is CC1CCc2c(sc(NC(=O)CSc3cccc(NC(=O)c4ccccc4F)c3)c2C#N)C1. The second-order valence-corrected chi connectivity index (χ2v) is 10.1. The number of benzene rings is 2. The number of halogens is 1. The molecule has 0 fully saturated rings. The lowest BCUT2D eigenvalue weighted by molar-refractivity contribution is -0.113. The summed E-state index contributed by atoms with van der Waals surface area (Å²) in [7, 11) is 0. The van der Waals surface area contributed by atoms with Crippen LogP contribution >= 0.6 is 23.1 Å². The van der Waals surface area contributed by atoms with Gasteiger partial charge in [-0.05, 0) is 61.1 Å². The van der Waals surface area contributed by atoms with Gasteiger partial charge in [0.15, 0.2) is 0 Å². The van der Waals surface area contributed by atoms with Gasteiger partial charge >= 0.3 is 0 Å². The highest BCUT2D eigenvalue weighted by Crippen LogP contribution is 2.39. The third-order valence-corrected chi connectivity index (χ3v) is 7.62. The molecule has 33 heavy (non-hydrogen) atoms. The van der Waals surface area contributed by atoms with Crippen molar-refractivity contribution >= 4 is 45.6 Å². The summed E-state index contributed by atoms with van der Waals surface area (Å²) in [4.78, 5) is 26.9. The Morgan fingerprint density at radius 3 is 2.82 bits per heavy atom. The highest BCUT2D eigenvalue weighted by Gasteiger charge is 2.24. The Morgan fingerprint density at radius 1 is 1.21 bits per heavy atom. The fourth-order valence-electron chi connectivity index (χ4n) is 3.78. The van der Waals surface area contributed by atoms with Crippen molar-refractivity contribution in [1.82, 2.24) is 0 Å². The Balaban J connectivity index is 1.37. The summed E-state index contributed by atoms with van der Waals surface area (Å²) >= 11 is 2.83. The minimum atomic E-state index is -0.585. The van der Waals surface area contributed by atoms with Crippen LogP contribution < -0.4 is 10.6 Å². The van der Waals surface area contributed by atoms with Gasteiger partial charge in [0, 0.05) is 15.5 Å². The Bertz CT molecular complexity index is 1250. The maximum absolute atomic E-state index is 13.8. The first-order valence-corrected chi connectivity index (χ1v) is 12.4. The predicted molar refractivity (Wildman–Crippen MR) is 130 cm³/mol. The van der Waals surface area contributed by atoms with Gasteiger partial charge in [-0.25, -0.2) is 4.39 Å². The van der Waals surface area contributed by atoms with Crippen molar-refractivity contribution in [1.29, 1.82) is 5.26 Å². The van der Waals surface area contributed by atoms with Crippen molar-refractivity contribution in [3.05, 3.63) is 75.9 Å². The standard InChI is InChI=1S/C25H22FN3O2S2/c1-15-9-10-18-20(13-27)25(33-22(18)11-15)29-23(30)14-32-17-6-4-5-16(12-17)28-24(31)19-7-2-3-8-21(19)26/h2-8,12,15H,9-11,14H2,1H3,(H,28,31)(H,29,30). The molecule has 5 nitrogen and oxygen atoms in total. The molecule has 1 aromatic heterocycles. The number of carbonyl (C=O) groups excluding carboxylic acids is 2. The number of nitrogens with zero attached hydrogens (tertiary/aromatic N) is 1. The molecule has 2 amide bonds. The number of anilines is 2. The maximum Gasteiger partial charge on any atom is 0.258 e. The fourth-order valence-corrected chi connectivity index (χ4v) is 5.91. The minimum absolute atomic E-state index is 0.0312. The number of thioether (sulfide) groups is 1. The van der Waals surface area contributed by atoms with Crippen LogP contribution in [0.4, 0.5) is 15.1 Å². The van der Waals surface area contributed by atoms with E-state index in [1.165, 1.54) is 46.2 Å². The first-order chi connectivity index (χ1) is 15.9. The number of rotatable bonds is 6. The van der Waals surface area contributed by atoms with E-state index in [0.29, 0.717) is 22.2 Å². The summed E-state index contributed by atoms with van der Waals surface area (Å²) in [6.45, 7) is 2.20. The fraction of sp³-hybridized carbons (Fsp3) is 0.240. The molecule has 0 radical (unpaired) electrons. The lowest BCUT2D eigenvalue weighted by atomic mass is 9.89. The Hall–Kier alpha value is -3.15. The molecule has 2 N–H and O–H groups in total. The average molecular weight is 480 g/mol. The van der Waals surface area contributed by atoms with E-state index in [2.05, 4.69) is 23.6 Å². The summed E-state index contributed by atoms with van der Waals surface area (Å²) in [5.41, 5.74) is 2.16. The summed E-state index contributed by atoms with van der Waals surface area (Å²) in [6, 6.07) is 15.1. The molecular formula is C25H22FN3O2S2. The number of nitrogens with one attached hydrogen (secondary N) is 2. The van der Waals surface area contributed by atoms with Crippen LogP contribution in [0.1, 0.15) is 39.7 Å². The van der Waals surface area contributed by atoms with Crippen molar-refractivity contribution in [3.63, 3.8) is 0 Å².